The third kappa shape index (κ3) is 5.34. The van der Waals surface area contributed by atoms with Crippen LogP contribution in [0.15, 0.2) is 54.6 Å². The monoisotopic (exact) mass is 392 g/mol. The largest absolute Gasteiger partial charge is 0.416 e. The number of halogens is 4. The smallest absolute Gasteiger partial charge is 0.350 e. The fraction of sp³-hybridized carbons (Fsp3) is 0.158. The van der Waals surface area contributed by atoms with Crippen LogP contribution in [0.3, 0.4) is 0 Å². The minimum Gasteiger partial charge on any atom is -0.350 e. The second-order valence-corrected chi connectivity index (χ2v) is 6.33. The molecule has 4 nitrogen and oxygen atoms in total. The number of nitrogens with one attached hydrogen (secondary N) is 2. The van der Waals surface area contributed by atoms with Gasteiger partial charge in [0.05, 0.1) is 5.56 Å². The standard InChI is InChI=1S/C19H16ClF3N4/c1-12-10-17(26-16-8-4-14(5-9-16)19(21,22)23)27-18(25-12)24-11-13-2-6-15(20)7-3-13/h2-10H,11H2,1H3,(H2,24,25,26,27). The number of aryl methyl sites for hydroxylation is 1. The van der Waals surface area contributed by atoms with E-state index in [0.29, 0.717) is 29.0 Å². The van der Waals surface area contributed by atoms with Gasteiger partial charge in [-0.15, -0.1) is 0 Å². The zero-order valence-corrected chi connectivity index (χ0v) is 15.1. The summed E-state index contributed by atoms with van der Waals surface area (Å²) in [5.41, 5.74) is 1.54. The van der Waals surface area contributed by atoms with E-state index < -0.39 is 11.7 Å². The highest BCUT2D eigenvalue weighted by Gasteiger charge is 2.29. The van der Waals surface area contributed by atoms with Crippen LogP contribution in [-0.4, -0.2) is 9.97 Å². The van der Waals surface area contributed by atoms with Gasteiger partial charge in [0, 0.05) is 29.0 Å². The maximum Gasteiger partial charge on any atom is 0.416 e. The molecule has 0 fully saturated rings. The van der Waals surface area contributed by atoms with Crippen LogP contribution in [0.4, 0.5) is 30.6 Å². The van der Waals surface area contributed by atoms with Crippen molar-refractivity contribution in [2.24, 2.45) is 0 Å². The minimum absolute atomic E-state index is 0.416. The summed E-state index contributed by atoms with van der Waals surface area (Å²) in [4.78, 5) is 8.67. The summed E-state index contributed by atoms with van der Waals surface area (Å²) in [5, 5.41) is 6.78. The molecule has 2 aromatic carbocycles. The Kier molecular flexibility index (Phi) is 5.51. The second kappa shape index (κ2) is 7.84. The Balaban J connectivity index is 1.70. The molecule has 1 aromatic heterocycles. The van der Waals surface area contributed by atoms with Gasteiger partial charge in [0.15, 0.2) is 0 Å². The van der Waals surface area contributed by atoms with Gasteiger partial charge in [-0.05, 0) is 48.9 Å². The van der Waals surface area contributed by atoms with E-state index in [4.69, 9.17) is 11.6 Å². The van der Waals surface area contributed by atoms with Crippen molar-refractivity contribution in [1.82, 2.24) is 9.97 Å². The summed E-state index contributed by atoms with van der Waals surface area (Å²) >= 11 is 5.87. The van der Waals surface area contributed by atoms with Crippen molar-refractivity contribution in [1.29, 1.82) is 0 Å². The van der Waals surface area contributed by atoms with Crippen LogP contribution >= 0.6 is 11.6 Å². The van der Waals surface area contributed by atoms with Gasteiger partial charge in [0.2, 0.25) is 5.95 Å². The predicted octanol–water partition coefficient (Wildman–Crippen LogP) is 5.81. The van der Waals surface area contributed by atoms with Crippen LogP contribution in [-0.2, 0) is 12.7 Å². The average molecular weight is 393 g/mol. The highest BCUT2D eigenvalue weighted by atomic mass is 35.5. The SMILES string of the molecule is Cc1cc(Nc2ccc(C(F)(F)F)cc2)nc(NCc2ccc(Cl)cc2)n1. The Bertz CT molecular complexity index is 910. The van der Waals surface area contributed by atoms with E-state index >= 15 is 0 Å². The van der Waals surface area contributed by atoms with Crippen LogP contribution in [0.1, 0.15) is 16.8 Å². The van der Waals surface area contributed by atoms with E-state index in [2.05, 4.69) is 20.6 Å². The summed E-state index contributed by atoms with van der Waals surface area (Å²) in [7, 11) is 0. The molecule has 8 heteroatoms. The molecule has 3 rings (SSSR count). The first kappa shape index (κ1) is 19.0. The number of nitrogens with zero attached hydrogens (tertiary/aromatic N) is 2. The van der Waals surface area contributed by atoms with Crippen molar-refractivity contribution < 1.29 is 13.2 Å². The lowest BCUT2D eigenvalue weighted by molar-refractivity contribution is -0.137. The van der Waals surface area contributed by atoms with Gasteiger partial charge in [-0.2, -0.15) is 18.2 Å². The molecule has 0 saturated heterocycles. The second-order valence-electron chi connectivity index (χ2n) is 5.90. The van der Waals surface area contributed by atoms with E-state index in [0.717, 1.165) is 23.4 Å². The van der Waals surface area contributed by atoms with Crippen molar-refractivity contribution in [3.63, 3.8) is 0 Å². The zero-order chi connectivity index (χ0) is 19.4. The van der Waals surface area contributed by atoms with E-state index in [1.807, 2.05) is 19.1 Å². The Morgan fingerprint density at radius 1 is 0.963 bits per heavy atom. The minimum atomic E-state index is -4.36. The first-order valence-electron chi connectivity index (χ1n) is 8.08. The molecule has 0 unspecified atom stereocenters. The lowest BCUT2D eigenvalue weighted by atomic mass is 10.2. The summed E-state index contributed by atoms with van der Waals surface area (Å²) in [6.45, 7) is 2.33. The Morgan fingerprint density at radius 2 is 1.63 bits per heavy atom. The van der Waals surface area contributed by atoms with Crippen molar-refractivity contribution in [2.45, 2.75) is 19.6 Å². The summed E-state index contributed by atoms with van der Waals surface area (Å²) in [5.74, 6) is 0.903. The molecule has 0 saturated carbocycles. The van der Waals surface area contributed by atoms with Gasteiger partial charge in [-0.3, -0.25) is 0 Å². The van der Waals surface area contributed by atoms with E-state index in [9.17, 15) is 13.2 Å². The molecule has 0 aliphatic carbocycles. The molecule has 140 valence electrons. The number of benzene rings is 2. The van der Waals surface area contributed by atoms with Gasteiger partial charge < -0.3 is 10.6 Å². The normalized spacial score (nSPS) is 11.3. The fourth-order valence-corrected chi connectivity index (χ4v) is 2.51. The Labute approximate surface area is 159 Å². The van der Waals surface area contributed by atoms with Gasteiger partial charge in [-0.25, -0.2) is 4.98 Å². The molecule has 0 spiro atoms. The third-order valence-corrected chi connectivity index (χ3v) is 3.95. The topological polar surface area (TPSA) is 49.8 Å². The maximum absolute atomic E-state index is 12.6. The highest BCUT2D eigenvalue weighted by molar-refractivity contribution is 6.30. The number of anilines is 3. The number of hydrogen-bond donors (Lipinski definition) is 2. The summed E-state index contributed by atoms with van der Waals surface area (Å²) in [6.07, 6.45) is -4.36. The number of aromatic nitrogens is 2. The van der Waals surface area contributed by atoms with Crippen molar-refractivity contribution in [3.8, 4) is 0 Å². The molecule has 0 aliphatic rings. The molecule has 0 bridgehead atoms. The molecular formula is C19H16ClF3N4. The first-order valence-corrected chi connectivity index (χ1v) is 8.46. The number of hydrogen-bond acceptors (Lipinski definition) is 4. The molecule has 2 N–H and O–H groups in total. The fourth-order valence-electron chi connectivity index (χ4n) is 2.39. The number of rotatable bonds is 5. The summed E-state index contributed by atoms with van der Waals surface area (Å²) in [6, 6.07) is 13.9. The zero-order valence-electron chi connectivity index (χ0n) is 14.3. The average Bonchev–Trinajstić information content (AvgIpc) is 2.60. The van der Waals surface area contributed by atoms with Crippen LogP contribution in [0.5, 0.6) is 0 Å². The lowest BCUT2D eigenvalue weighted by Crippen LogP contribution is -2.07. The van der Waals surface area contributed by atoms with Crippen LogP contribution in [0.25, 0.3) is 0 Å². The Hall–Kier alpha value is -2.80. The molecule has 0 radical (unpaired) electrons. The quantitative estimate of drug-likeness (QED) is 0.575. The van der Waals surface area contributed by atoms with Gasteiger partial charge in [0.25, 0.3) is 0 Å². The van der Waals surface area contributed by atoms with Crippen LogP contribution in [0, 0.1) is 6.92 Å². The molecule has 0 atom stereocenters. The van der Waals surface area contributed by atoms with E-state index in [1.165, 1.54) is 12.1 Å². The molecule has 0 amide bonds. The van der Waals surface area contributed by atoms with Gasteiger partial charge in [-0.1, -0.05) is 23.7 Å². The van der Waals surface area contributed by atoms with Crippen LogP contribution in [0.2, 0.25) is 5.02 Å². The van der Waals surface area contributed by atoms with Crippen molar-refractivity contribution in [3.05, 3.63) is 76.4 Å². The van der Waals surface area contributed by atoms with E-state index in [-0.39, 0.29) is 0 Å². The molecule has 1 heterocycles. The Morgan fingerprint density at radius 3 is 2.26 bits per heavy atom. The maximum atomic E-state index is 12.6. The van der Waals surface area contributed by atoms with Gasteiger partial charge in [0.1, 0.15) is 5.82 Å². The molecule has 0 aliphatic heterocycles. The first-order chi connectivity index (χ1) is 12.8. The van der Waals surface area contributed by atoms with Crippen LogP contribution < -0.4 is 10.6 Å². The van der Waals surface area contributed by atoms with Crippen molar-refractivity contribution >= 4 is 29.1 Å². The summed E-state index contributed by atoms with van der Waals surface area (Å²) < 4.78 is 37.9. The number of alkyl halides is 3. The van der Waals surface area contributed by atoms with E-state index in [1.54, 1.807) is 18.2 Å². The lowest BCUT2D eigenvalue weighted by Gasteiger charge is -2.11. The molecule has 3 aromatic rings. The molecule has 27 heavy (non-hydrogen) atoms. The van der Waals surface area contributed by atoms with Crippen molar-refractivity contribution in [2.75, 3.05) is 10.6 Å². The van der Waals surface area contributed by atoms with Gasteiger partial charge >= 0.3 is 6.18 Å². The highest BCUT2D eigenvalue weighted by Crippen LogP contribution is 2.30. The molecular weight excluding hydrogens is 377 g/mol. The third-order valence-electron chi connectivity index (χ3n) is 3.70. The predicted molar refractivity (Wildman–Crippen MR) is 100 cm³/mol.